The van der Waals surface area contributed by atoms with E-state index in [0.717, 1.165) is 25.7 Å². The van der Waals surface area contributed by atoms with Gasteiger partial charge in [0.15, 0.2) is 0 Å². The van der Waals surface area contributed by atoms with Crippen molar-refractivity contribution in [2.24, 2.45) is 0 Å². The molecule has 2 fully saturated rings. The molecule has 1 aromatic rings. The highest BCUT2D eigenvalue weighted by Gasteiger charge is 2.49. The lowest BCUT2D eigenvalue weighted by Gasteiger charge is -2.48. The summed E-state index contributed by atoms with van der Waals surface area (Å²) in [6.45, 7) is 2.09. The molecule has 20 heavy (non-hydrogen) atoms. The van der Waals surface area contributed by atoms with Crippen LogP contribution in [0, 0.1) is 0 Å². The number of benzene rings is 1. The summed E-state index contributed by atoms with van der Waals surface area (Å²) >= 11 is 1.84. The van der Waals surface area contributed by atoms with Crippen molar-refractivity contribution in [2.75, 3.05) is 0 Å². The van der Waals surface area contributed by atoms with Crippen LogP contribution in [0.3, 0.4) is 0 Å². The van der Waals surface area contributed by atoms with Gasteiger partial charge in [0.25, 0.3) is 0 Å². The van der Waals surface area contributed by atoms with Gasteiger partial charge in [-0.15, -0.1) is 11.8 Å². The fraction of sp³-hybridized carbons (Fsp3) is 0.562. The SMILES string of the molecule is C[C@H]1NC(=O)OC2(CCCCC2)[C@@H]1Sc1ccccc1. The van der Waals surface area contributed by atoms with Crippen LogP contribution >= 0.6 is 11.8 Å². The summed E-state index contributed by atoms with van der Waals surface area (Å²) in [4.78, 5) is 13.0. The molecule has 0 unspecified atom stereocenters. The van der Waals surface area contributed by atoms with E-state index in [9.17, 15) is 4.79 Å². The molecule has 0 bridgehead atoms. The van der Waals surface area contributed by atoms with Crippen LogP contribution in [0.2, 0.25) is 0 Å². The Morgan fingerprint density at radius 1 is 1.20 bits per heavy atom. The minimum atomic E-state index is -0.277. The standard InChI is InChI=1S/C16H21NO2S/c1-12-14(20-13-8-4-2-5-9-13)16(19-15(18)17-12)10-6-3-7-11-16/h2,4-5,8-9,12,14H,3,6-7,10-11H2,1H3,(H,17,18)/t12-,14-/m1/s1. The quantitative estimate of drug-likeness (QED) is 0.895. The van der Waals surface area contributed by atoms with Crippen molar-refractivity contribution in [3.05, 3.63) is 30.3 Å². The van der Waals surface area contributed by atoms with E-state index in [0.29, 0.717) is 0 Å². The Hall–Kier alpha value is -1.16. The zero-order valence-corrected chi connectivity index (χ0v) is 12.6. The average Bonchev–Trinajstić information content (AvgIpc) is 2.45. The Bertz CT molecular complexity index is 471. The summed E-state index contributed by atoms with van der Waals surface area (Å²) in [5, 5.41) is 3.22. The second-order valence-corrected chi connectivity index (χ2v) is 7.01. The summed E-state index contributed by atoms with van der Waals surface area (Å²) in [5.41, 5.74) is -0.277. The monoisotopic (exact) mass is 291 g/mol. The molecule has 0 aromatic heterocycles. The Balaban J connectivity index is 1.85. The van der Waals surface area contributed by atoms with E-state index in [1.807, 2.05) is 17.8 Å². The molecule has 1 aromatic carbocycles. The zero-order chi connectivity index (χ0) is 14.0. The third-order valence-corrected chi connectivity index (χ3v) is 5.96. The highest BCUT2D eigenvalue weighted by Crippen LogP contribution is 2.45. The Morgan fingerprint density at radius 2 is 1.90 bits per heavy atom. The van der Waals surface area contributed by atoms with E-state index < -0.39 is 0 Å². The number of amides is 1. The number of carbonyl (C=O) groups is 1. The fourth-order valence-electron chi connectivity index (χ4n) is 3.38. The van der Waals surface area contributed by atoms with Crippen molar-refractivity contribution in [2.45, 2.75) is 60.8 Å². The van der Waals surface area contributed by atoms with Crippen LogP contribution in [0.1, 0.15) is 39.0 Å². The minimum Gasteiger partial charge on any atom is -0.442 e. The molecule has 1 saturated heterocycles. The third-order valence-electron chi connectivity index (χ3n) is 4.32. The normalized spacial score (nSPS) is 28.8. The van der Waals surface area contributed by atoms with E-state index in [1.165, 1.54) is 11.3 Å². The van der Waals surface area contributed by atoms with Crippen molar-refractivity contribution in [3.63, 3.8) is 0 Å². The molecule has 1 N–H and O–H groups in total. The van der Waals surface area contributed by atoms with Crippen LogP contribution in [-0.2, 0) is 4.74 Å². The van der Waals surface area contributed by atoms with Gasteiger partial charge in [0.05, 0.1) is 5.25 Å². The Morgan fingerprint density at radius 3 is 2.60 bits per heavy atom. The number of hydrogen-bond donors (Lipinski definition) is 1. The van der Waals surface area contributed by atoms with Crippen LogP contribution in [-0.4, -0.2) is 23.0 Å². The first-order chi connectivity index (χ1) is 9.70. The van der Waals surface area contributed by atoms with Gasteiger partial charge >= 0.3 is 6.09 Å². The molecule has 0 radical (unpaired) electrons. The summed E-state index contributed by atoms with van der Waals surface area (Å²) < 4.78 is 5.80. The lowest BCUT2D eigenvalue weighted by atomic mass is 9.79. The number of nitrogens with one attached hydrogen (secondary N) is 1. The van der Waals surface area contributed by atoms with Gasteiger partial charge in [0.2, 0.25) is 0 Å². The van der Waals surface area contributed by atoms with Crippen LogP contribution < -0.4 is 5.32 Å². The van der Waals surface area contributed by atoms with E-state index in [4.69, 9.17) is 4.74 Å². The van der Waals surface area contributed by atoms with Crippen LogP contribution in [0.5, 0.6) is 0 Å². The van der Waals surface area contributed by atoms with Crippen molar-refractivity contribution in [3.8, 4) is 0 Å². The van der Waals surface area contributed by atoms with Gasteiger partial charge in [-0.2, -0.15) is 0 Å². The topological polar surface area (TPSA) is 38.3 Å². The average molecular weight is 291 g/mol. The second-order valence-electron chi connectivity index (χ2n) is 5.80. The van der Waals surface area contributed by atoms with Crippen LogP contribution in [0.4, 0.5) is 4.79 Å². The maximum Gasteiger partial charge on any atom is 0.407 e. The first-order valence-electron chi connectivity index (χ1n) is 7.41. The lowest BCUT2D eigenvalue weighted by Crippen LogP contribution is -2.61. The lowest BCUT2D eigenvalue weighted by molar-refractivity contribution is -0.0427. The van der Waals surface area contributed by atoms with E-state index >= 15 is 0 Å². The van der Waals surface area contributed by atoms with E-state index in [1.54, 1.807) is 0 Å². The highest BCUT2D eigenvalue weighted by atomic mass is 32.2. The number of hydrogen-bond acceptors (Lipinski definition) is 3. The molecule has 1 saturated carbocycles. The minimum absolute atomic E-state index is 0.138. The van der Waals surface area contributed by atoms with Gasteiger partial charge in [-0.05, 0) is 44.7 Å². The molecule has 2 atom stereocenters. The third kappa shape index (κ3) is 2.66. The summed E-state index contributed by atoms with van der Waals surface area (Å²) in [6.07, 6.45) is 5.32. The van der Waals surface area contributed by atoms with Crippen molar-refractivity contribution in [1.82, 2.24) is 5.32 Å². The van der Waals surface area contributed by atoms with Gasteiger partial charge in [-0.1, -0.05) is 24.6 Å². The number of alkyl carbamates (subject to hydrolysis) is 1. The van der Waals surface area contributed by atoms with Gasteiger partial charge in [0.1, 0.15) is 5.60 Å². The fourth-order valence-corrected chi connectivity index (χ4v) is 4.76. The number of rotatable bonds is 2. The predicted octanol–water partition coefficient (Wildman–Crippen LogP) is 3.98. The smallest absolute Gasteiger partial charge is 0.407 e. The molecule has 3 rings (SSSR count). The zero-order valence-electron chi connectivity index (χ0n) is 11.8. The number of thioether (sulfide) groups is 1. The summed E-state index contributed by atoms with van der Waals surface area (Å²) in [6, 6.07) is 10.5. The predicted molar refractivity (Wildman–Crippen MR) is 81.0 cm³/mol. The summed E-state index contributed by atoms with van der Waals surface area (Å²) in [7, 11) is 0. The first kappa shape index (κ1) is 13.8. The molecule has 3 nitrogen and oxygen atoms in total. The van der Waals surface area contributed by atoms with Gasteiger partial charge in [0, 0.05) is 10.9 Å². The van der Waals surface area contributed by atoms with Crippen molar-refractivity contribution >= 4 is 17.9 Å². The molecule has 1 amide bonds. The largest absolute Gasteiger partial charge is 0.442 e. The van der Waals surface area contributed by atoms with Crippen LogP contribution in [0.15, 0.2) is 35.2 Å². The van der Waals surface area contributed by atoms with E-state index in [2.05, 4.69) is 36.5 Å². The maximum atomic E-state index is 11.8. The molecular weight excluding hydrogens is 270 g/mol. The van der Waals surface area contributed by atoms with Crippen molar-refractivity contribution in [1.29, 1.82) is 0 Å². The Labute approximate surface area is 124 Å². The van der Waals surface area contributed by atoms with Gasteiger partial charge in [-0.25, -0.2) is 4.79 Å². The van der Waals surface area contributed by atoms with Gasteiger partial charge in [-0.3, -0.25) is 0 Å². The molecule has 4 heteroatoms. The molecule has 1 aliphatic carbocycles. The molecule has 1 spiro atoms. The Kier molecular flexibility index (Phi) is 3.92. The molecule has 108 valence electrons. The second kappa shape index (κ2) is 5.68. The van der Waals surface area contributed by atoms with E-state index in [-0.39, 0.29) is 23.0 Å². The van der Waals surface area contributed by atoms with Gasteiger partial charge < -0.3 is 10.1 Å². The van der Waals surface area contributed by atoms with Crippen LogP contribution in [0.25, 0.3) is 0 Å². The molecular formula is C16H21NO2S. The highest BCUT2D eigenvalue weighted by molar-refractivity contribution is 8.00. The van der Waals surface area contributed by atoms with Crippen molar-refractivity contribution < 1.29 is 9.53 Å². The molecule has 1 heterocycles. The summed E-state index contributed by atoms with van der Waals surface area (Å²) in [5.74, 6) is 0. The molecule has 2 aliphatic rings. The maximum absolute atomic E-state index is 11.8. The first-order valence-corrected chi connectivity index (χ1v) is 8.29. The number of carbonyl (C=O) groups excluding carboxylic acids is 1. The number of ether oxygens (including phenoxy) is 1. The molecule has 1 aliphatic heterocycles.